The van der Waals surface area contributed by atoms with Crippen molar-refractivity contribution in [2.75, 3.05) is 25.0 Å². The largest absolute Gasteiger partial charge is 0.376 e. The van der Waals surface area contributed by atoms with E-state index in [0.29, 0.717) is 12.1 Å². The van der Waals surface area contributed by atoms with Crippen LogP contribution in [0.3, 0.4) is 0 Å². The molecular weight excluding hydrogens is 242 g/mol. The lowest BCUT2D eigenvalue weighted by atomic mass is 10.2. The molecule has 1 aromatic carbocycles. The summed E-state index contributed by atoms with van der Waals surface area (Å²) in [6.07, 6.45) is 2.26. The average Bonchev–Trinajstić information content (AvgIpc) is 2.96. The fourth-order valence-electron chi connectivity index (χ4n) is 1.94. The highest BCUT2D eigenvalue weighted by Gasteiger charge is 2.15. The lowest BCUT2D eigenvalue weighted by Gasteiger charge is -2.11. The van der Waals surface area contributed by atoms with Crippen molar-refractivity contribution < 1.29 is 9.53 Å². The molecule has 1 heterocycles. The van der Waals surface area contributed by atoms with Gasteiger partial charge in [0.25, 0.3) is 0 Å². The van der Waals surface area contributed by atoms with Crippen molar-refractivity contribution >= 4 is 11.6 Å². The topological polar surface area (TPSA) is 74.2 Å². The molecule has 1 fully saturated rings. The quantitative estimate of drug-likeness (QED) is 0.835. The number of amides is 1. The maximum absolute atomic E-state index is 11.6. The highest BCUT2D eigenvalue weighted by atomic mass is 16.5. The first-order chi connectivity index (χ1) is 9.28. The van der Waals surface area contributed by atoms with Gasteiger partial charge < -0.3 is 15.4 Å². The summed E-state index contributed by atoms with van der Waals surface area (Å²) >= 11 is 0. The molecule has 100 valence electrons. The number of nitriles is 1. The Morgan fingerprint density at radius 1 is 1.42 bits per heavy atom. The Bertz CT molecular complexity index is 459. The molecule has 1 atom stereocenters. The Hall–Kier alpha value is -2.06. The number of nitrogens with zero attached hydrogens (tertiary/aromatic N) is 1. The van der Waals surface area contributed by atoms with E-state index in [2.05, 4.69) is 10.6 Å². The molecule has 0 aromatic heterocycles. The van der Waals surface area contributed by atoms with Crippen LogP contribution in [0.1, 0.15) is 18.4 Å². The van der Waals surface area contributed by atoms with Crippen molar-refractivity contribution in [3.63, 3.8) is 0 Å². The number of hydrogen-bond donors (Lipinski definition) is 2. The summed E-state index contributed by atoms with van der Waals surface area (Å²) in [7, 11) is 0. The number of rotatable bonds is 5. The molecular formula is C14H17N3O2. The standard InChI is InChI=1S/C14H17N3O2/c15-8-11-3-5-12(6-4-11)16-10-14(18)17-9-13-2-1-7-19-13/h3-6,13,16H,1-2,7,9-10H2,(H,17,18). The van der Waals surface area contributed by atoms with E-state index < -0.39 is 0 Å². The van der Waals surface area contributed by atoms with Crippen molar-refractivity contribution in [1.82, 2.24) is 5.32 Å². The van der Waals surface area contributed by atoms with Crippen LogP contribution in [-0.4, -0.2) is 31.7 Å². The molecule has 0 radical (unpaired) electrons. The van der Waals surface area contributed by atoms with Gasteiger partial charge in [0, 0.05) is 18.8 Å². The van der Waals surface area contributed by atoms with Crippen molar-refractivity contribution in [3.8, 4) is 6.07 Å². The second-order valence-electron chi connectivity index (χ2n) is 4.48. The number of benzene rings is 1. The molecule has 2 rings (SSSR count). The fraction of sp³-hybridized carbons (Fsp3) is 0.429. The summed E-state index contributed by atoms with van der Waals surface area (Å²) in [5.74, 6) is -0.0557. The number of anilines is 1. The van der Waals surface area contributed by atoms with E-state index in [4.69, 9.17) is 10.00 Å². The Balaban J connectivity index is 1.69. The normalized spacial score (nSPS) is 17.7. The third kappa shape index (κ3) is 4.27. The lowest BCUT2D eigenvalue weighted by Crippen LogP contribution is -2.35. The van der Waals surface area contributed by atoms with E-state index in [1.807, 2.05) is 6.07 Å². The summed E-state index contributed by atoms with van der Waals surface area (Å²) in [5, 5.41) is 14.5. The van der Waals surface area contributed by atoms with Crippen LogP contribution in [0.5, 0.6) is 0 Å². The van der Waals surface area contributed by atoms with E-state index in [9.17, 15) is 4.79 Å². The summed E-state index contributed by atoms with van der Waals surface area (Å²) in [5.41, 5.74) is 1.43. The molecule has 0 aliphatic carbocycles. The van der Waals surface area contributed by atoms with Crippen molar-refractivity contribution in [3.05, 3.63) is 29.8 Å². The maximum Gasteiger partial charge on any atom is 0.239 e. The van der Waals surface area contributed by atoms with Gasteiger partial charge in [-0.2, -0.15) is 5.26 Å². The minimum absolute atomic E-state index is 0.0557. The molecule has 0 spiro atoms. The van der Waals surface area contributed by atoms with Crippen LogP contribution in [0.25, 0.3) is 0 Å². The Morgan fingerprint density at radius 2 is 2.21 bits per heavy atom. The van der Waals surface area contributed by atoms with Gasteiger partial charge in [-0.1, -0.05) is 0 Å². The zero-order valence-corrected chi connectivity index (χ0v) is 10.7. The molecule has 1 aromatic rings. The van der Waals surface area contributed by atoms with Crippen LogP contribution in [0.4, 0.5) is 5.69 Å². The Kier molecular flexibility index (Phi) is 4.76. The number of ether oxygens (including phenoxy) is 1. The zero-order valence-electron chi connectivity index (χ0n) is 10.7. The van der Waals surface area contributed by atoms with Crippen LogP contribution in [0, 0.1) is 11.3 Å². The molecule has 19 heavy (non-hydrogen) atoms. The molecule has 1 amide bonds. The third-order valence-corrected chi connectivity index (χ3v) is 3.02. The first-order valence-electron chi connectivity index (χ1n) is 6.40. The second-order valence-corrected chi connectivity index (χ2v) is 4.48. The molecule has 1 aliphatic heterocycles. The van der Waals surface area contributed by atoms with Crippen LogP contribution in [0.2, 0.25) is 0 Å². The smallest absolute Gasteiger partial charge is 0.239 e. The molecule has 1 unspecified atom stereocenters. The minimum atomic E-state index is -0.0557. The maximum atomic E-state index is 11.6. The Labute approximate surface area is 112 Å². The molecule has 1 saturated heterocycles. The van der Waals surface area contributed by atoms with Gasteiger partial charge in [0.2, 0.25) is 5.91 Å². The number of nitrogens with one attached hydrogen (secondary N) is 2. The predicted molar refractivity (Wildman–Crippen MR) is 71.6 cm³/mol. The van der Waals surface area contributed by atoms with Gasteiger partial charge in [0.15, 0.2) is 0 Å². The number of carbonyl (C=O) groups excluding carboxylic acids is 1. The predicted octanol–water partition coefficient (Wildman–Crippen LogP) is 1.27. The molecule has 0 saturated carbocycles. The first kappa shape index (κ1) is 13.4. The third-order valence-electron chi connectivity index (χ3n) is 3.02. The molecule has 0 bridgehead atoms. The van der Waals surface area contributed by atoms with Crippen molar-refractivity contribution in [2.24, 2.45) is 0 Å². The van der Waals surface area contributed by atoms with E-state index in [0.717, 1.165) is 25.1 Å². The van der Waals surface area contributed by atoms with Gasteiger partial charge in [-0.15, -0.1) is 0 Å². The Morgan fingerprint density at radius 3 is 2.84 bits per heavy atom. The van der Waals surface area contributed by atoms with Crippen LogP contribution in [0.15, 0.2) is 24.3 Å². The van der Waals surface area contributed by atoms with Crippen molar-refractivity contribution in [2.45, 2.75) is 18.9 Å². The highest BCUT2D eigenvalue weighted by Crippen LogP contribution is 2.10. The van der Waals surface area contributed by atoms with Gasteiger partial charge in [-0.25, -0.2) is 0 Å². The first-order valence-corrected chi connectivity index (χ1v) is 6.40. The van der Waals surface area contributed by atoms with Gasteiger partial charge in [0.1, 0.15) is 0 Å². The zero-order chi connectivity index (χ0) is 13.5. The summed E-state index contributed by atoms with van der Waals surface area (Å²) in [6, 6.07) is 9.05. The monoisotopic (exact) mass is 259 g/mol. The van der Waals surface area contributed by atoms with E-state index >= 15 is 0 Å². The highest BCUT2D eigenvalue weighted by molar-refractivity contribution is 5.80. The fourth-order valence-corrected chi connectivity index (χ4v) is 1.94. The summed E-state index contributed by atoms with van der Waals surface area (Å²) < 4.78 is 5.43. The van der Waals surface area contributed by atoms with Gasteiger partial charge in [-0.3, -0.25) is 4.79 Å². The molecule has 2 N–H and O–H groups in total. The second kappa shape index (κ2) is 6.76. The van der Waals surface area contributed by atoms with Gasteiger partial charge in [-0.05, 0) is 37.1 Å². The summed E-state index contributed by atoms with van der Waals surface area (Å²) in [6.45, 7) is 1.59. The van der Waals surface area contributed by atoms with Crippen LogP contribution < -0.4 is 10.6 Å². The number of carbonyl (C=O) groups is 1. The molecule has 1 aliphatic rings. The lowest BCUT2D eigenvalue weighted by molar-refractivity contribution is -0.119. The SMILES string of the molecule is N#Cc1ccc(NCC(=O)NCC2CCCO2)cc1. The van der Waals surface area contributed by atoms with E-state index in [-0.39, 0.29) is 18.6 Å². The average molecular weight is 259 g/mol. The van der Waals surface area contributed by atoms with E-state index in [1.165, 1.54) is 0 Å². The summed E-state index contributed by atoms with van der Waals surface area (Å²) in [4.78, 5) is 11.6. The van der Waals surface area contributed by atoms with Gasteiger partial charge in [0.05, 0.1) is 24.3 Å². The van der Waals surface area contributed by atoms with Crippen LogP contribution in [-0.2, 0) is 9.53 Å². The van der Waals surface area contributed by atoms with E-state index in [1.54, 1.807) is 24.3 Å². The molecule has 5 heteroatoms. The minimum Gasteiger partial charge on any atom is -0.376 e. The molecule has 5 nitrogen and oxygen atoms in total. The number of hydrogen-bond acceptors (Lipinski definition) is 4. The van der Waals surface area contributed by atoms with Crippen molar-refractivity contribution in [1.29, 1.82) is 5.26 Å². The van der Waals surface area contributed by atoms with Crippen LogP contribution >= 0.6 is 0 Å². The van der Waals surface area contributed by atoms with Gasteiger partial charge >= 0.3 is 0 Å².